The Morgan fingerprint density at radius 3 is 2.52 bits per heavy atom. The van der Waals surface area contributed by atoms with Crippen molar-refractivity contribution in [1.82, 2.24) is 10.6 Å². The van der Waals surface area contributed by atoms with Crippen molar-refractivity contribution in [2.75, 3.05) is 13.6 Å². The summed E-state index contributed by atoms with van der Waals surface area (Å²) < 4.78 is 5.83. The second-order valence-corrected chi connectivity index (χ2v) is 4.66. The smallest absolute Gasteiger partial charge is 0.191 e. The summed E-state index contributed by atoms with van der Waals surface area (Å²) in [6, 6.07) is 17.7. The topological polar surface area (TPSA) is 45.7 Å². The number of nitrogens with one attached hydrogen (secondary N) is 2. The number of ether oxygens (including phenoxy) is 1. The number of aliphatic imine (C=N–C) groups is 1. The molecule has 0 saturated heterocycles. The van der Waals surface area contributed by atoms with Crippen molar-refractivity contribution in [3.8, 4) is 11.5 Å². The minimum Gasteiger partial charge on any atom is -0.457 e. The summed E-state index contributed by atoms with van der Waals surface area (Å²) in [7, 11) is 1.74. The minimum atomic E-state index is 0. The second kappa shape index (κ2) is 10.7. The van der Waals surface area contributed by atoms with Crippen LogP contribution in [0.15, 0.2) is 72.2 Å². The van der Waals surface area contributed by atoms with Gasteiger partial charge in [0.2, 0.25) is 0 Å². The van der Waals surface area contributed by atoms with E-state index in [9.17, 15) is 0 Å². The average molecular weight is 423 g/mol. The Morgan fingerprint density at radius 2 is 1.83 bits per heavy atom. The summed E-state index contributed by atoms with van der Waals surface area (Å²) in [5, 5.41) is 6.38. The molecule has 2 N–H and O–H groups in total. The standard InChI is InChI=1S/C18H21N3O.HI/c1-3-12-20-18(19-2)21-14-15-8-7-11-17(13-15)22-16-9-5-4-6-10-16;/h3-11,13H,1,12,14H2,2H3,(H2,19,20,21);1H. The monoisotopic (exact) mass is 423 g/mol. The van der Waals surface area contributed by atoms with Crippen molar-refractivity contribution in [2.45, 2.75) is 6.54 Å². The molecule has 0 aliphatic carbocycles. The summed E-state index contributed by atoms with van der Waals surface area (Å²) in [4.78, 5) is 4.15. The van der Waals surface area contributed by atoms with Gasteiger partial charge in [-0.2, -0.15) is 0 Å². The SMILES string of the molecule is C=CCNC(=NC)NCc1cccc(Oc2ccccc2)c1.I. The van der Waals surface area contributed by atoms with Crippen molar-refractivity contribution in [3.05, 3.63) is 72.8 Å². The van der Waals surface area contributed by atoms with Crippen molar-refractivity contribution < 1.29 is 4.74 Å². The average Bonchev–Trinajstić information content (AvgIpc) is 2.56. The molecule has 0 fully saturated rings. The molecule has 0 bridgehead atoms. The van der Waals surface area contributed by atoms with Crippen LogP contribution in [0.3, 0.4) is 0 Å². The molecule has 5 heteroatoms. The van der Waals surface area contributed by atoms with Crippen molar-refractivity contribution >= 4 is 29.9 Å². The first-order valence-electron chi connectivity index (χ1n) is 7.19. The van der Waals surface area contributed by atoms with Gasteiger partial charge in [0.1, 0.15) is 11.5 Å². The highest BCUT2D eigenvalue weighted by molar-refractivity contribution is 14.0. The largest absolute Gasteiger partial charge is 0.457 e. The number of benzene rings is 2. The van der Waals surface area contributed by atoms with Crippen molar-refractivity contribution in [3.63, 3.8) is 0 Å². The summed E-state index contributed by atoms with van der Waals surface area (Å²) in [5.74, 6) is 2.39. The molecule has 122 valence electrons. The molecule has 0 radical (unpaired) electrons. The number of rotatable bonds is 6. The molecule has 2 aromatic rings. The van der Waals surface area contributed by atoms with Crippen LogP contribution in [-0.4, -0.2) is 19.6 Å². The molecular formula is C18H22IN3O. The highest BCUT2D eigenvalue weighted by atomic mass is 127. The first kappa shape index (κ1) is 19.0. The van der Waals surface area contributed by atoms with Crippen LogP contribution in [0.4, 0.5) is 0 Å². The normalized spacial score (nSPS) is 10.4. The van der Waals surface area contributed by atoms with Gasteiger partial charge in [0, 0.05) is 20.1 Å². The zero-order valence-corrected chi connectivity index (χ0v) is 15.5. The Labute approximate surface area is 154 Å². The molecule has 0 aliphatic rings. The summed E-state index contributed by atoms with van der Waals surface area (Å²) in [5.41, 5.74) is 1.12. The lowest BCUT2D eigenvalue weighted by Crippen LogP contribution is -2.36. The molecule has 0 unspecified atom stereocenters. The second-order valence-electron chi connectivity index (χ2n) is 4.66. The van der Waals surface area contributed by atoms with Gasteiger partial charge >= 0.3 is 0 Å². The fourth-order valence-electron chi connectivity index (χ4n) is 1.92. The number of para-hydroxylation sites is 1. The van der Waals surface area contributed by atoms with E-state index in [0.29, 0.717) is 13.1 Å². The van der Waals surface area contributed by atoms with Crippen LogP contribution in [-0.2, 0) is 6.54 Å². The van der Waals surface area contributed by atoms with Crippen LogP contribution in [0.2, 0.25) is 0 Å². The van der Waals surface area contributed by atoms with E-state index in [-0.39, 0.29) is 24.0 Å². The lowest BCUT2D eigenvalue weighted by molar-refractivity contribution is 0.482. The molecule has 2 rings (SSSR count). The molecule has 0 aliphatic heterocycles. The van der Waals surface area contributed by atoms with E-state index in [1.165, 1.54) is 0 Å². The van der Waals surface area contributed by atoms with Crippen molar-refractivity contribution in [1.29, 1.82) is 0 Å². The molecule has 4 nitrogen and oxygen atoms in total. The third kappa shape index (κ3) is 6.73. The number of nitrogens with zero attached hydrogens (tertiary/aromatic N) is 1. The van der Waals surface area contributed by atoms with Gasteiger partial charge in [-0.15, -0.1) is 30.6 Å². The minimum absolute atomic E-state index is 0. The number of guanidine groups is 1. The third-order valence-corrected chi connectivity index (χ3v) is 2.97. The summed E-state index contributed by atoms with van der Waals surface area (Å²) in [6.07, 6.45) is 1.79. The van der Waals surface area contributed by atoms with Crippen LogP contribution >= 0.6 is 24.0 Å². The Kier molecular flexibility index (Phi) is 8.82. The zero-order valence-electron chi connectivity index (χ0n) is 13.2. The first-order chi connectivity index (χ1) is 10.8. The first-order valence-corrected chi connectivity index (χ1v) is 7.19. The van der Waals surface area contributed by atoms with Gasteiger partial charge in [-0.25, -0.2) is 0 Å². The van der Waals surface area contributed by atoms with Crippen LogP contribution in [0.1, 0.15) is 5.56 Å². The highest BCUT2D eigenvalue weighted by Gasteiger charge is 2.00. The van der Waals surface area contributed by atoms with Gasteiger partial charge in [-0.1, -0.05) is 36.4 Å². The Bertz CT molecular complexity index is 629. The van der Waals surface area contributed by atoms with E-state index in [2.05, 4.69) is 22.2 Å². The summed E-state index contributed by atoms with van der Waals surface area (Å²) in [6.45, 7) is 5.02. The molecule has 0 atom stereocenters. The number of hydrogen-bond donors (Lipinski definition) is 2. The number of hydrogen-bond acceptors (Lipinski definition) is 2. The van der Waals surface area contributed by atoms with E-state index in [1.807, 2.05) is 54.6 Å². The van der Waals surface area contributed by atoms with Crippen molar-refractivity contribution in [2.24, 2.45) is 4.99 Å². The predicted molar refractivity (Wildman–Crippen MR) is 107 cm³/mol. The lowest BCUT2D eigenvalue weighted by Gasteiger charge is -2.11. The molecule has 0 amide bonds. The van der Waals surface area contributed by atoms with E-state index >= 15 is 0 Å². The van der Waals surface area contributed by atoms with Gasteiger partial charge < -0.3 is 15.4 Å². The Balaban J connectivity index is 0.00000264. The maximum absolute atomic E-state index is 5.83. The van der Waals surface area contributed by atoms with Crippen LogP contribution in [0.5, 0.6) is 11.5 Å². The molecule has 23 heavy (non-hydrogen) atoms. The summed E-state index contributed by atoms with van der Waals surface area (Å²) >= 11 is 0. The predicted octanol–water partition coefficient (Wildman–Crippen LogP) is 3.95. The van der Waals surface area contributed by atoms with E-state index in [1.54, 1.807) is 13.1 Å². The molecular weight excluding hydrogens is 401 g/mol. The lowest BCUT2D eigenvalue weighted by atomic mass is 10.2. The zero-order chi connectivity index (χ0) is 15.6. The van der Waals surface area contributed by atoms with Gasteiger partial charge in [0.15, 0.2) is 5.96 Å². The van der Waals surface area contributed by atoms with Crippen LogP contribution < -0.4 is 15.4 Å². The molecule has 2 aromatic carbocycles. The quantitative estimate of drug-likeness (QED) is 0.320. The molecule has 0 heterocycles. The van der Waals surface area contributed by atoms with Crippen LogP contribution in [0, 0.1) is 0 Å². The van der Waals surface area contributed by atoms with Gasteiger partial charge in [-0.05, 0) is 29.8 Å². The van der Waals surface area contributed by atoms with E-state index in [0.717, 1.165) is 23.0 Å². The van der Waals surface area contributed by atoms with Gasteiger partial charge in [0.05, 0.1) is 0 Å². The Hall–Kier alpha value is -2.02. The number of halogens is 1. The molecule has 0 aromatic heterocycles. The van der Waals surface area contributed by atoms with Crippen LogP contribution in [0.25, 0.3) is 0 Å². The van der Waals surface area contributed by atoms with E-state index < -0.39 is 0 Å². The maximum atomic E-state index is 5.83. The van der Waals surface area contributed by atoms with E-state index in [4.69, 9.17) is 4.74 Å². The van der Waals surface area contributed by atoms with Gasteiger partial charge in [-0.3, -0.25) is 4.99 Å². The molecule has 0 spiro atoms. The third-order valence-electron chi connectivity index (χ3n) is 2.97. The van der Waals surface area contributed by atoms with Gasteiger partial charge in [0.25, 0.3) is 0 Å². The fraction of sp³-hybridized carbons (Fsp3) is 0.167. The maximum Gasteiger partial charge on any atom is 0.191 e. The molecule has 0 saturated carbocycles. The Morgan fingerprint density at radius 1 is 1.09 bits per heavy atom. The fourth-order valence-corrected chi connectivity index (χ4v) is 1.92. The highest BCUT2D eigenvalue weighted by Crippen LogP contribution is 2.21.